The molecule has 0 aliphatic rings. The van der Waals surface area contributed by atoms with Crippen molar-refractivity contribution in [2.75, 3.05) is 13.7 Å². The Bertz CT molecular complexity index is 61.9. The van der Waals surface area contributed by atoms with Gasteiger partial charge in [0.1, 0.15) is 0 Å². The minimum atomic E-state index is 0.372. The van der Waals surface area contributed by atoms with Gasteiger partial charge in [-0.15, -0.1) is 0 Å². The average molecular weight is 86.1 g/mol. The lowest BCUT2D eigenvalue weighted by molar-refractivity contribution is 0.826. The van der Waals surface area contributed by atoms with Crippen molar-refractivity contribution in [2.45, 2.75) is 0 Å². The normalized spacial score (nSPS) is 6.83. The predicted molar refractivity (Wildman–Crippen MR) is 23.1 cm³/mol. The topological polar surface area (TPSA) is 60.8 Å². The van der Waals surface area contributed by atoms with Gasteiger partial charge in [0.2, 0.25) is 0 Å². The van der Waals surface area contributed by atoms with Crippen molar-refractivity contribution < 1.29 is 0 Å². The summed E-state index contributed by atoms with van der Waals surface area (Å²) in [4.78, 5) is 2.49. The second-order valence-electron chi connectivity index (χ2n) is 0.743. The molecule has 0 aromatic heterocycles. The maximum absolute atomic E-state index is 7.62. The highest BCUT2D eigenvalue weighted by atomic mass is 15.2. The highest BCUT2D eigenvalue weighted by Gasteiger charge is 1.61. The molecule has 4 heteroatoms. The molecule has 0 aliphatic carbocycles. The molecule has 0 fully saturated rings. The summed E-state index contributed by atoms with van der Waals surface area (Å²) < 4.78 is 0. The van der Waals surface area contributed by atoms with E-state index in [-0.39, 0.29) is 0 Å². The minimum Gasteiger partial charge on any atom is -0.315 e. The zero-order valence-corrected chi connectivity index (χ0v) is 3.55. The van der Waals surface area contributed by atoms with E-state index >= 15 is 0 Å². The summed E-state index contributed by atoms with van der Waals surface area (Å²) in [5.41, 5.74) is 7.62. The van der Waals surface area contributed by atoms with Crippen LogP contribution in [0.2, 0.25) is 0 Å². The molecular weight excluding hydrogens is 80.0 g/mol. The van der Waals surface area contributed by atoms with E-state index in [1.807, 2.05) is 0 Å². The van der Waals surface area contributed by atoms with Gasteiger partial charge in [-0.1, -0.05) is 5.11 Å². The van der Waals surface area contributed by atoms with Gasteiger partial charge in [-0.05, 0) is 12.6 Å². The second-order valence-corrected chi connectivity index (χ2v) is 0.743. The molecule has 1 N–H and O–H groups in total. The lowest BCUT2D eigenvalue weighted by atomic mass is 11.1. The summed E-state index contributed by atoms with van der Waals surface area (Å²) in [7, 11) is 1.72. The van der Waals surface area contributed by atoms with E-state index in [1.54, 1.807) is 7.05 Å². The highest BCUT2D eigenvalue weighted by Crippen LogP contribution is 1.58. The van der Waals surface area contributed by atoms with E-state index in [4.69, 9.17) is 5.53 Å². The van der Waals surface area contributed by atoms with Crippen LogP contribution in [-0.2, 0) is 0 Å². The smallest absolute Gasteiger partial charge is 0.0744 e. The Morgan fingerprint density at radius 3 is 2.83 bits per heavy atom. The Morgan fingerprint density at radius 1 is 2.00 bits per heavy atom. The summed E-state index contributed by atoms with van der Waals surface area (Å²) >= 11 is 0. The molecule has 0 aromatic rings. The maximum Gasteiger partial charge on any atom is 0.0744 e. The van der Waals surface area contributed by atoms with Crippen LogP contribution < -0.4 is 5.32 Å². The van der Waals surface area contributed by atoms with Crippen molar-refractivity contribution in [2.24, 2.45) is 5.11 Å². The first kappa shape index (κ1) is 5.27. The van der Waals surface area contributed by atoms with Crippen LogP contribution in [0.25, 0.3) is 10.4 Å². The van der Waals surface area contributed by atoms with Gasteiger partial charge < -0.3 is 5.32 Å². The molecule has 34 valence electrons. The fourth-order valence-electron chi connectivity index (χ4n) is 0.102. The Kier molecular flexibility index (Phi) is 3.75. The summed E-state index contributed by atoms with van der Waals surface area (Å²) in [6, 6.07) is 0. The van der Waals surface area contributed by atoms with Gasteiger partial charge >= 0.3 is 0 Å². The van der Waals surface area contributed by atoms with Crippen molar-refractivity contribution in [3.05, 3.63) is 10.4 Å². The molecule has 0 spiro atoms. The van der Waals surface area contributed by atoms with Gasteiger partial charge in [0.15, 0.2) is 0 Å². The molecule has 0 atom stereocenters. The van der Waals surface area contributed by atoms with Crippen LogP contribution in [0.4, 0.5) is 0 Å². The van der Waals surface area contributed by atoms with Crippen LogP contribution >= 0.6 is 0 Å². The number of hydrogen-bond acceptors (Lipinski definition) is 2. The summed E-state index contributed by atoms with van der Waals surface area (Å²) in [5.74, 6) is 0. The molecule has 0 saturated heterocycles. The van der Waals surface area contributed by atoms with Crippen molar-refractivity contribution in [3.63, 3.8) is 0 Å². The highest BCUT2D eigenvalue weighted by molar-refractivity contribution is 4.38. The van der Waals surface area contributed by atoms with Crippen molar-refractivity contribution in [1.29, 1.82) is 0 Å². The Balaban J connectivity index is 2.86. The molecule has 0 rings (SSSR count). The third-order valence-electron chi connectivity index (χ3n) is 0.292. The van der Waals surface area contributed by atoms with Crippen LogP contribution in [0.15, 0.2) is 5.11 Å². The molecular formula is C2H6N4. The third kappa shape index (κ3) is 3.27. The molecule has 0 heterocycles. The summed E-state index contributed by atoms with van der Waals surface area (Å²) in [5, 5.41) is 5.81. The van der Waals surface area contributed by atoms with Crippen LogP contribution in [0.3, 0.4) is 0 Å². The summed E-state index contributed by atoms with van der Waals surface area (Å²) in [6.07, 6.45) is 0. The van der Waals surface area contributed by atoms with E-state index in [9.17, 15) is 0 Å². The zero-order valence-electron chi connectivity index (χ0n) is 3.55. The van der Waals surface area contributed by atoms with Gasteiger partial charge in [0, 0.05) is 4.91 Å². The van der Waals surface area contributed by atoms with Crippen molar-refractivity contribution in [1.82, 2.24) is 5.32 Å². The Morgan fingerprint density at radius 2 is 2.67 bits per heavy atom. The number of rotatable bonds is 2. The van der Waals surface area contributed by atoms with Gasteiger partial charge in [-0.2, -0.15) is 0 Å². The summed E-state index contributed by atoms with van der Waals surface area (Å²) in [6.45, 7) is 0.372. The molecule has 6 heavy (non-hydrogen) atoms. The minimum absolute atomic E-state index is 0.372. The van der Waals surface area contributed by atoms with Crippen LogP contribution in [-0.4, -0.2) is 13.7 Å². The number of nitrogens with one attached hydrogen (secondary N) is 1. The molecule has 0 aliphatic heterocycles. The van der Waals surface area contributed by atoms with E-state index < -0.39 is 0 Å². The monoisotopic (exact) mass is 86.1 g/mol. The van der Waals surface area contributed by atoms with Gasteiger partial charge in [-0.3, -0.25) is 0 Å². The zero-order chi connectivity index (χ0) is 4.83. The van der Waals surface area contributed by atoms with Gasteiger partial charge in [-0.25, -0.2) is 0 Å². The van der Waals surface area contributed by atoms with Crippen molar-refractivity contribution >= 4 is 0 Å². The lowest BCUT2D eigenvalue weighted by Crippen LogP contribution is -2.02. The Hall–Kier alpha value is -0.730. The first-order valence-electron chi connectivity index (χ1n) is 1.57. The molecule has 0 unspecified atom stereocenters. The molecule has 0 amide bonds. The molecule has 0 radical (unpaired) electrons. The van der Waals surface area contributed by atoms with Crippen LogP contribution in [0.1, 0.15) is 0 Å². The maximum atomic E-state index is 7.62. The molecule has 4 nitrogen and oxygen atoms in total. The van der Waals surface area contributed by atoms with Gasteiger partial charge in [0.25, 0.3) is 0 Å². The molecule has 0 saturated carbocycles. The quantitative estimate of drug-likeness (QED) is 0.296. The fourth-order valence-corrected chi connectivity index (χ4v) is 0.102. The van der Waals surface area contributed by atoms with E-state index in [1.165, 1.54) is 0 Å². The van der Waals surface area contributed by atoms with E-state index in [2.05, 4.69) is 15.3 Å². The first-order valence-corrected chi connectivity index (χ1v) is 1.57. The predicted octanol–water partition coefficient (Wildman–Crippen LogP) is 0.474. The lowest BCUT2D eigenvalue weighted by Gasteiger charge is -1.78. The Labute approximate surface area is 35.8 Å². The van der Waals surface area contributed by atoms with Crippen LogP contribution in [0.5, 0.6) is 0 Å². The average Bonchev–Trinajstić information content (AvgIpc) is 1.61. The van der Waals surface area contributed by atoms with Gasteiger partial charge in [0.05, 0.1) is 6.67 Å². The van der Waals surface area contributed by atoms with Crippen molar-refractivity contribution in [3.8, 4) is 0 Å². The standard InChI is InChI=1S/C2H6N4/c1-4-2-5-6-3/h4H,2H2,1H3. The third-order valence-corrected chi connectivity index (χ3v) is 0.292. The van der Waals surface area contributed by atoms with E-state index in [0.717, 1.165) is 0 Å². The SMILES string of the molecule is CNCN=[N+]=[N-]. The van der Waals surface area contributed by atoms with E-state index in [0.29, 0.717) is 6.67 Å². The number of hydrogen-bond donors (Lipinski definition) is 1. The second kappa shape index (κ2) is 4.27. The fraction of sp³-hybridized carbons (Fsp3) is 1.00. The molecule has 0 bridgehead atoms. The first-order chi connectivity index (χ1) is 2.91. The number of nitrogens with zero attached hydrogens (tertiary/aromatic N) is 3. The largest absolute Gasteiger partial charge is 0.315 e. The van der Waals surface area contributed by atoms with Crippen LogP contribution in [0, 0.1) is 0 Å². The number of azide groups is 1. The molecule has 0 aromatic carbocycles.